The van der Waals surface area contributed by atoms with Gasteiger partial charge < -0.3 is 14.4 Å². The molecular formula is C26H28N2O5. The van der Waals surface area contributed by atoms with Crippen LogP contribution >= 0.6 is 0 Å². The SMILES string of the molecule is CCN(c1ccc(OC)cc1)C(C(=O)OC)(c1ccccc1)C(C[N+](=O)[O-])c1ccccc1. The molecule has 2 atom stereocenters. The van der Waals surface area contributed by atoms with Gasteiger partial charge in [-0.1, -0.05) is 60.7 Å². The van der Waals surface area contributed by atoms with E-state index < -0.39 is 24.0 Å². The van der Waals surface area contributed by atoms with Gasteiger partial charge in [0.25, 0.3) is 0 Å². The van der Waals surface area contributed by atoms with Gasteiger partial charge in [0.1, 0.15) is 5.75 Å². The first-order valence-electron chi connectivity index (χ1n) is 10.7. The number of carbonyl (C=O) groups excluding carboxylic acids is 1. The van der Waals surface area contributed by atoms with Gasteiger partial charge in [0.15, 0.2) is 5.54 Å². The molecule has 0 N–H and O–H groups in total. The third-order valence-electron chi connectivity index (χ3n) is 5.87. The molecule has 0 aliphatic heterocycles. The quantitative estimate of drug-likeness (QED) is 0.255. The third-order valence-corrected chi connectivity index (χ3v) is 5.87. The van der Waals surface area contributed by atoms with Crippen LogP contribution in [0.25, 0.3) is 0 Å². The zero-order valence-electron chi connectivity index (χ0n) is 19.0. The van der Waals surface area contributed by atoms with Gasteiger partial charge in [0, 0.05) is 17.2 Å². The Balaban J connectivity index is 2.38. The van der Waals surface area contributed by atoms with Crippen molar-refractivity contribution in [2.45, 2.75) is 18.4 Å². The maximum atomic E-state index is 13.8. The molecule has 33 heavy (non-hydrogen) atoms. The number of rotatable bonds is 10. The first-order chi connectivity index (χ1) is 16.0. The summed E-state index contributed by atoms with van der Waals surface area (Å²) < 4.78 is 10.7. The van der Waals surface area contributed by atoms with E-state index in [2.05, 4.69) is 0 Å². The molecule has 0 heterocycles. The van der Waals surface area contributed by atoms with Gasteiger partial charge >= 0.3 is 5.97 Å². The number of esters is 1. The molecule has 0 aliphatic carbocycles. The molecular weight excluding hydrogens is 420 g/mol. The lowest BCUT2D eigenvalue weighted by molar-refractivity contribution is -0.485. The van der Waals surface area contributed by atoms with Crippen molar-refractivity contribution in [1.29, 1.82) is 0 Å². The van der Waals surface area contributed by atoms with Gasteiger partial charge in [0.2, 0.25) is 6.54 Å². The fourth-order valence-electron chi connectivity index (χ4n) is 4.47. The molecule has 7 heteroatoms. The monoisotopic (exact) mass is 448 g/mol. The minimum absolute atomic E-state index is 0.375. The van der Waals surface area contributed by atoms with Gasteiger partial charge in [0.05, 0.1) is 20.1 Å². The molecule has 0 aromatic heterocycles. The highest BCUT2D eigenvalue weighted by Gasteiger charge is 2.55. The predicted molar refractivity (Wildman–Crippen MR) is 127 cm³/mol. The molecule has 3 aromatic rings. The number of carbonyl (C=O) groups is 1. The Kier molecular flexibility index (Phi) is 7.66. The highest BCUT2D eigenvalue weighted by molar-refractivity contribution is 5.89. The number of methoxy groups -OCH3 is 2. The maximum absolute atomic E-state index is 13.8. The summed E-state index contributed by atoms with van der Waals surface area (Å²) in [5.41, 5.74) is 0.519. The molecule has 0 amide bonds. The smallest absolute Gasteiger partial charge is 0.337 e. The van der Waals surface area contributed by atoms with Crippen molar-refractivity contribution < 1.29 is 19.2 Å². The summed E-state index contributed by atoms with van der Waals surface area (Å²) in [4.78, 5) is 27.2. The second-order valence-electron chi connectivity index (χ2n) is 7.54. The number of hydrogen-bond acceptors (Lipinski definition) is 6. The average Bonchev–Trinajstić information content (AvgIpc) is 2.86. The van der Waals surface area contributed by atoms with E-state index in [0.717, 1.165) is 5.69 Å². The molecule has 0 fully saturated rings. The van der Waals surface area contributed by atoms with Crippen LogP contribution in [0, 0.1) is 10.1 Å². The molecule has 0 bridgehead atoms. The number of benzene rings is 3. The third kappa shape index (κ3) is 4.67. The van der Waals surface area contributed by atoms with Crippen LogP contribution in [0.4, 0.5) is 5.69 Å². The molecule has 3 aromatic carbocycles. The Hall–Kier alpha value is -3.87. The summed E-state index contributed by atoms with van der Waals surface area (Å²) in [7, 11) is 2.90. The fraction of sp³-hybridized carbons (Fsp3) is 0.269. The number of hydrogen-bond donors (Lipinski definition) is 0. The van der Waals surface area contributed by atoms with E-state index in [9.17, 15) is 14.9 Å². The van der Waals surface area contributed by atoms with Crippen LogP contribution in [0.3, 0.4) is 0 Å². The second kappa shape index (κ2) is 10.6. The van der Waals surface area contributed by atoms with Crippen LogP contribution in [0.15, 0.2) is 84.9 Å². The fourth-order valence-corrected chi connectivity index (χ4v) is 4.47. The molecule has 172 valence electrons. The van der Waals surface area contributed by atoms with E-state index in [1.807, 2.05) is 84.6 Å². The lowest BCUT2D eigenvalue weighted by Gasteiger charge is -2.46. The Bertz CT molecular complexity index is 1060. The molecule has 0 saturated heterocycles. The predicted octanol–water partition coefficient (Wildman–Crippen LogP) is 4.65. The van der Waals surface area contributed by atoms with Crippen LogP contribution < -0.4 is 9.64 Å². The highest BCUT2D eigenvalue weighted by Crippen LogP contribution is 2.46. The molecule has 3 rings (SSSR count). The van der Waals surface area contributed by atoms with Crippen molar-refractivity contribution in [3.05, 3.63) is 106 Å². The van der Waals surface area contributed by atoms with Crippen molar-refractivity contribution in [3.63, 3.8) is 0 Å². The lowest BCUT2D eigenvalue weighted by atomic mass is 9.72. The minimum atomic E-state index is -1.49. The zero-order valence-corrected chi connectivity index (χ0v) is 19.0. The zero-order chi connectivity index (χ0) is 23.8. The number of likely N-dealkylation sites (N-methyl/N-ethyl adjacent to an activating group) is 1. The minimum Gasteiger partial charge on any atom is -0.497 e. The van der Waals surface area contributed by atoms with Gasteiger partial charge in [-0.15, -0.1) is 0 Å². The molecule has 2 unspecified atom stereocenters. The van der Waals surface area contributed by atoms with E-state index in [0.29, 0.717) is 23.4 Å². The lowest BCUT2D eigenvalue weighted by Crippen LogP contribution is -2.58. The largest absolute Gasteiger partial charge is 0.497 e. The Morgan fingerprint density at radius 1 is 0.970 bits per heavy atom. The topological polar surface area (TPSA) is 81.9 Å². The van der Waals surface area contributed by atoms with Crippen LogP contribution in [0.1, 0.15) is 24.0 Å². The molecule has 0 radical (unpaired) electrons. The van der Waals surface area contributed by atoms with Gasteiger partial charge in [-0.05, 0) is 42.3 Å². The summed E-state index contributed by atoms with van der Waals surface area (Å²) in [6.07, 6.45) is 0. The Labute approximate surface area is 193 Å². The Morgan fingerprint density at radius 2 is 1.55 bits per heavy atom. The highest BCUT2D eigenvalue weighted by atomic mass is 16.6. The number of anilines is 1. The number of nitrogens with zero attached hydrogens (tertiary/aromatic N) is 2. The van der Waals surface area contributed by atoms with Crippen molar-refractivity contribution in [1.82, 2.24) is 0 Å². The van der Waals surface area contributed by atoms with Crippen molar-refractivity contribution in [3.8, 4) is 5.75 Å². The van der Waals surface area contributed by atoms with Gasteiger partial charge in [-0.3, -0.25) is 10.1 Å². The molecule has 0 spiro atoms. The van der Waals surface area contributed by atoms with E-state index in [4.69, 9.17) is 9.47 Å². The number of ether oxygens (including phenoxy) is 2. The van der Waals surface area contributed by atoms with E-state index in [1.54, 1.807) is 19.2 Å². The summed E-state index contributed by atoms with van der Waals surface area (Å²) in [5, 5.41) is 11.9. The average molecular weight is 449 g/mol. The first-order valence-corrected chi connectivity index (χ1v) is 10.7. The molecule has 7 nitrogen and oxygen atoms in total. The van der Waals surface area contributed by atoms with Crippen molar-refractivity contribution >= 4 is 11.7 Å². The van der Waals surface area contributed by atoms with E-state index in [1.165, 1.54) is 7.11 Å². The van der Waals surface area contributed by atoms with E-state index >= 15 is 0 Å². The molecule has 0 aliphatic rings. The van der Waals surface area contributed by atoms with Crippen LogP contribution in [0.5, 0.6) is 5.75 Å². The van der Waals surface area contributed by atoms with Crippen LogP contribution in [-0.2, 0) is 15.1 Å². The van der Waals surface area contributed by atoms with Crippen LogP contribution in [0.2, 0.25) is 0 Å². The standard InChI is InChI=1S/C26H28N2O5/c1-4-27(22-15-17-23(32-2)18-16-22)26(25(29)33-3,21-13-9-6-10-14-21)24(19-28(30)31)20-11-7-5-8-12-20/h5-18,24H,4,19H2,1-3H3. The molecule has 0 saturated carbocycles. The normalized spacial score (nSPS) is 13.4. The summed E-state index contributed by atoms with van der Waals surface area (Å²) >= 11 is 0. The van der Waals surface area contributed by atoms with Crippen LogP contribution in [-0.4, -0.2) is 38.2 Å². The van der Waals surface area contributed by atoms with E-state index in [-0.39, 0.29) is 4.92 Å². The van der Waals surface area contributed by atoms with Crippen molar-refractivity contribution in [2.75, 3.05) is 32.2 Å². The summed E-state index contributed by atoms with van der Waals surface area (Å²) in [6.45, 7) is 1.86. The summed E-state index contributed by atoms with van der Waals surface area (Å²) in [5.74, 6) is -0.726. The Morgan fingerprint density at radius 3 is 2.03 bits per heavy atom. The van der Waals surface area contributed by atoms with Gasteiger partial charge in [-0.2, -0.15) is 0 Å². The van der Waals surface area contributed by atoms with Crippen molar-refractivity contribution in [2.24, 2.45) is 0 Å². The second-order valence-corrected chi connectivity index (χ2v) is 7.54. The first kappa shape index (κ1) is 23.8. The summed E-state index contributed by atoms with van der Waals surface area (Å²) in [6, 6.07) is 25.5. The number of nitro groups is 1. The maximum Gasteiger partial charge on any atom is 0.337 e. The van der Waals surface area contributed by atoms with Gasteiger partial charge in [-0.25, -0.2) is 4.79 Å².